The van der Waals surface area contributed by atoms with Gasteiger partial charge in [-0.2, -0.15) is 5.10 Å². The summed E-state index contributed by atoms with van der Waals surface area (Å²) in [5.74, 6) is 0. The molecule has 2 atom stereocenters. The molecule has 2 aliphatic heterocycles. The van der Waals surface area contributed by atoms with E-state index in [0.29, 0.717) is 0 Å². The molecule has 0 radical (unpaired) electrons. The maximum absolute atomic E-state index is 4.25. The molecule has 3 heterocycles. The number of piperidine rings is 1. The van der Waals surface area contributed by atoms with Crippen molar-refractivity contribution in [1.82, 2.24) is 20.0 Å². The second-order valence-corrected chi connectivity index (χ2v) is 5.51. The topological polar surface area (TPSA) is 33.1 Å². The first-order valence-corrected chi connectivity index (χ1v) is 6.75. The van der Waals surface area contributed by atoms with Gasteiger partial charge in [0, 0.05) is 37.1 Å². The summed E-state index contributed by atoms with van der Waals surface area (Å²) in [7, 11) is 2.26. The molecule has 4 nitrogen and oxygen atoms in total. The summed E-state index contributed by atoms with van der Waals surface area (Å²) in [6, 6.07) is 4.33. The van der Waals surface area contributed by atoms with Crippen molar-refractivity contribution in [1.29, 1.82) is 0 Å². The normalized spacial score (nSPS) is 32.2. The van der Waals surface area contributed by atoms with Gasteiger partial charge in [0.15, 0.2) is 0 Å². The van der Waals surface area contributed by atoms with Gasteiger partial charge >= 0.3 is 0 Å². The quantitative estimate of drug-likeness (QED) is 0.847. The number of rotatable bonds is 4. The monoisotopic (exact) mass is 234 g/mol. The molecule has 1 N–H and O–H groups in total. The van der Waals surface area contributed by atoms with Crippen LogP contribution in [0, 0.1) is 0 Å². The van der Waals surface area contributed by atoms with E-state index in [-0.39, 0.29) is 0 Å². The molecule has 0 saturated carbocycles. The highest BCUT2D eigenvalue weighted by molar-refractivity contribution is 4.95. The molecule has 2 fully saturated rings. The Morgan fingerprint density at radius 3 is 2.76 bits per heavy atom. The molecule has 3 rings (SSSR count). The smallest absolute Gasteiger partial charge is 0.0536 e. The second kappa shape index (κ2) is 4.78. The van der Waals surface area contributed by atoms with E-state index >= 15 is 0 Å². The lowest BCUT2D eigenvalue weighted by atomic mass is 9.98. The lowest BCUT2D eigenvalue weighted by molar-refractivity contribution is 0.166. The van der Waals surface area contributed by atoms with Crippen LogP contribution in [0.25, 0.3) is 0 Å². The maximum Gasteiger partial charge on any atom is 0.0536 e. The molecule has 4 heteroatoms. The van der Waals surface area contributed by atoms with Crippen LogP contribution in [-0.2, 0) is 6.54 Å². The summed E-state index contributed by atoms with van der Waals surface area (Å²) < 4.78 is 2.02. The molecule has 17 heavy (non-hydrogen) atoms. The number of hydrogen-bond donors (Lipinski definition) is 1. The van der Waals surface area contributed by atoms with Crippen LogP contribution in [0.1, 0.15) is 25.7 Å². The minimum atomic E-state index is 0.768. The summed E-state index contributed by atoms with van der Waals surface area (Å²) in [6.07, 6.45) is 9.31. The Hall–Kier alpha value is -0.870. The zero-order valence-electron chi connectivity index (χ0n) is 10.5. The van der Waals surface area contributed by atoms with E-state index in [2.05, 4.69) is 22.4 Å². The number of likely N-dealkylation sites (N-methyl/N-ethyl adjacent to an activating group) is 1. The van der Waals surface area contributed by atoms with Gasteiger partial charge in [-0.1, -0.05) is 0 Å². The molecular formula is C13H22N4. The van der Waals surface area contributed by atoms with Gasteiger partial charge in [-0.05, 0) is 38.8 Å². The van der Waals surface area contributed by atoms with E-state index in [0.717, 1.165) is 31.2 Å². The Morgan fingerprint density at radius 1 is 1.35 bits per heavy atom. The average Bonchev–Trinajstić information content (AvgIpc) is 2.96. The summed E-state index contributed by atoms with van der Waals surface area (Å²) in [5.41, 5.74) is 0. The van der Waals surface area contributed by atoms with Crippen molar-refractivity contribution in [3.05, 3.63) is 18.5 Å². The SMILES string of the molecule is CN(CCn1cccn1)C1CC2CCC(C1)N2. The van der Waals surface area contributed by atoms with Gasteiger partial charge in [0.25, 0.3) is 0 Å². The van der Waals surface area contributed by atoms with Crippen LogP contribution in [-0.4, -0.2) is 46.4 Å². The number of hydrogen-bond acceptors (Lipinski definition) is 3. The molecule has 0 aliphatic carbocycles. The fourth-order valence-corrected chi connectivity index (χ4v) is 3.26. The van der Waals surface area contributed by atoms with Crippen molar-refractivity contribution >= 4 is 0 Å². The Bertz CT molecular complexity index is 336. The van der Waals surface area contributed by atoms with E-state index in [1.165, 1.54) is 25.7 Å². The van der Waals surface area contributed by atoms with Crippen LogP contribution in [0.4, 0.5) is 0 Å². The summed E-state index contributed by atoms with van der Waals surface area (Å²) in [6.45, 7) is 2.11. The zero-order valence-corrected chi connectivity index (χ0v) is 10.5. The Kier molecular flexibility index (Phi) is 3.16. The van der Waals surface area contributed by atoms with Gasteiger partial charge in [-0.3, -0.25) is 4.68 Å². The molecule has 2 aliphatic rings. The van der Waals surface area contributed by atoms with Crippen molar-refractivity contribution in [2.75, 3.05) is 13.6 Å². The highest BCUT2D eigenvalue weighted by Crippen LogP contribution is 2.29. The van der Waals surface area contributed by atoms with E-state index < -0.39 is 0 Å². The van der Waals surface area contributed by atoms with E-state index in [1.807, 2.05) is 23.1 Å². The predicted octanol–water partition coefficient (Wildman–Crippen LogP) is 1.10. The fourth-order valence-electron chi connectivity index (χ4n) is 3.26. The zero-order chi connectivity index (χ0) is 11.7. The van der Waals surface area contributed by atoms with E-state index in [4.69, 9.17) is 0 Å². The second-order valence-electron chi connectivity index (χ2n) is 5.51. The van der Waals surface area contributed by atoms with Gasteiger partial charge in [-0.25, -0.2) is 0 Å². The Morgan fingerprint density at radius 2 is 2.12 bits per heavy atom. The molecule has 2 bridgehead atoms. The standard InChI is InChI=1S/C13H22N4/c1-16(7-8-17-6-2-5-14-17)13-9-11-3-4-12(10-13)15-11/h2,5-6,11-13,15H,3-4,7-10H2,1H3. The summed E-state index contributed by atoms with van der Waals surface area (Å²) in [5, 5.41) is 7.95. The van der Waals surface area contributed by atoms with Crippen molar-refractivity contribution in [3.63, 3.8) is 0 Å². The third kappa shape index (κ3) is 2.53. The van der Waals surface area contributed by atoms with Crippen LogP contribution >= 0.6 is 0 Å². The number of nitrogens with zero attached hydrogens (tertiary/aromatic N) is 3. The molecule has 2 saturated heterocycles. The molecule has 0 amide bonds. The van der Waals surface area contributed by atoms with E-state index in [9.17, 15) is 0 Å². The predicted molar refractivity (Wildman–Crippen MR) is 67.8 cm³/mol. The van der Waals surface area contributed by atoms with Crippen molar-refractivity contribution in [2.24, 2.45) is 0 Å². The fraction of sp³-hybridized carbons (Fsp3) is 0.769. The minimum absolute atomic E-state index is 0.768. The van der Waals surface area contributed by atoms with E-state index in [1.54, 1.807) is 0 Å². The Balaban J connectivity index is 1.50. The van der Waals surface area contributed by atoms with Crippen LogP contribution in [0.5, 0.6) is 0 Å². The molecule has 1 aromatic heterocycles. The number of nitrogens with one attached hydrogen (secondary N) is 1. The first-order valence-electron chi connectivity index (χ1n) is 6.75. The van der Waals surface area contributed by atoms with Gasteiger partial charge in [-0.15, -0.1) is 0 Å². The number of aromatic nitrogens is 2. The molecular weight excluding hydrogens is 212 g/mol. The third-order valence-corrected chi connectivity index (χ3v) is 4.31. The van der Waals surface area contributed by atoms with Crippen LogP contribution in [0.3, 0.4) is 0 Å². The first kappa shape index (κ1) is 11.2. The molecule has 1 aromatic rings. The minimum Gasteiger partial charge on any atom is -0.311 e. The van der Waals surface area contributed by atoms with Crippen molar-refractivity contribution < 1.29 is 0 Å². The lowest BCUT2D eigenvalue weighted by Crippen LogP contribution is -2.47. The van der Waals surface area contributed by atoms with Crippen molar-refractivity contribution in [3.8, 4) is 0 Å². The molecule has 0 aromatic carbocycles. The van der Waals surface area contributed by atoms with Crippen LogP contribution < -0.4 is 5.32 Å². The van der Waals surface area contributed by atoms with Crippen molar-refractivity contribution in [2.45, 2.75) is 50.4 Å². The van der Waals surface area contributed by atoms with Gasteiger partial charge in [0.1, 0.15) is 0 Å². The molecule has 0 spiro atoms. The highest BCUT2D eigenvalue weighted by Gasteiger charge is 2.34. The summed E-state index contributed by atoms with van der Waals surface area (Å²) in [4.78, 5) is 2.52. The number of fused-ring (bicyclic) bond motifs is 2. The lowest BCUT2D eigenvalue weighted by Gasteiger charge is -2.35. The molecule has 2 unspecified atom stereocenters. The third-order valence-electron chi connectivity index (χ3n) is 4.31. The summed E-state index contributed by atoms with van der Waals surface area (Å²) >= 11 is 0. The Labute approximate surface area is 103 Å². The van der Waals surface area contributed by atoms with Crippen LogP contribution in [0.15, 0.2) is 18.5 Å². The largest absolute Gasteiger partial charge is 0.311 e. The van der Waals surface area contributed by atoms with Gasteiger partial charge < -0.3 is 10.2 Å². The van der Waals surface area contributed by atoms with Gasteiger partial charge in [0.2, 0.25) is 0 Å². The maximum atomic E-state index is 4.25. The first-order chi connectivity index (χ1) is 8.31. The highest BCUT2D eigenvalue weighted by atomic mass is 15.3. The van der Waals surface area contributed by atoms with Gasteiger partial charge in [0.05, 0.1) is 6.54 Å². The molecule has 94 valence electrons. The van der Waals surface area contributed by atoms with Crippen LogP contribution in [0.2, 0.25) is 0 Å². The average molecular weight is 234 g/mol.